The Bertz CT molecular complexity index is 169. The van der Waals surface area contributed by atoms with Gasteiger partial charge in [0.15, 0.2) is 0 Å². The first kappa shape index (κ1) is 11.0. The van der Waals surface area contributed by atoms with E-state index in [0.29, 0.717) is 13.0 Å². The zero-order valence-electron chi connectivity index (χ0n) is 7.17. The van der Waals surface area contributed by atoms with Gasteiger partial charge in [0.05, 0.1) is 6.61 Å². The predicted molar refractivity (Wildman–Crippen MR) is 40.1 cm³/mol. The molecular formula is C8H14FNOY. The molecule has 0 aromatic rings. The molecule has 0 amide bonds. The van der Waals surface area contributed by atoms with Crippen LogP contribution in [0.1, 0.15) is 19.3 Å². The molecule has 0 bridgehead atoms. The number of fused-ring (bicyclic) bond motifs is 1. The third kappa shape index (κ3) is 1.61. The first-order valence-corrected chi connectivity index (χ1v) is 4.27. The fourth-order valence-corrected chi connectivity index (χ4v) is 2.47. The van der Waals surface area contributed by atoms with Crippen LogP contribution in [0.15, 0.2) is 0 Å². The van der Waals surface area contributed by atoms with E-state index in [4.69, 9.17) is 5.11 Å². The van der Waals surface area contributed by atoms with Crippen LogP contribution in [0.3, 0.4) is 0 Å². The summed E-state index contributed by atoms with van der Waals surface area (Å²) in [6.07, 6.45) is 1.93. The van der Waals surface area contributed by atoms with Crippen LogP contribution >= 0.6 is 0 Å². The molecule has 12 heavy (non-hydrogen) atoms. The van der Waals surface area contributed by atoms with Gasteiger partial charge in [-0.1, -0.05) is 0 Å². The molecule has 2 saturated heterocycles. The van der Waals surface area contributed by atoms with E-state index >= 15 is 0 Å². The van der Waals surface area contributed by atoms with Crippen molar-refractivity contribution in [3.8, 4) is 0 Å². The third-order valence-corrected chi connectivity index (χ3v) is 3.06. The normalized spacial score (nSPS) is 41.0. The molecule has 2 nitrogen and oxygen atoms in total. The molecule has 2 unspecified atom stereocenters. The summed E-state index contributed by atoms with van der Waals surface area (Å²) in [5.74, 6) is 0. The monoisotopic (exact) mass is 248 g/mol. The number of aliphatic hydroxyl groups is 1. The summed E-state index contributed by atoms with van der Waals surface area (Å²) in [4.78, 5) is 2.11. The van der Waals surface area contributed by atoms with Crippen LogP contribution in [0.5, 0.6) is 0 Å². The fraction of sp³-hybridized carbons (Fsp3) is 1.00. The van der Waals surface area contributed by atoms with Crippen molar-refractivity contribution < 1.29 is 42.2 Å². The quantitative estimate of drug-likeness (QED) is 0.732. The fourth-order valence-electron chi connectivity index (χ4n) is 2.47. The maximum atomic E-state index is 12.9. The second-order valence-electron chi connectivity index (χ2n) is 3.73. The Morgan fingerprint density at radius 2 is 2.33 bits per heavy atom. The minimum absolute atomic E-state index is 0. The van der Waals surface area contributed by atoms with Crippen LogP contribution in [0.4, 0.5) is 4.39 Å². The summed E-state index contributed by atoms with van der Waals surface area (Å²) >= 11 is 0. The maximum Gasteiger partial charge on any atom is 0.115 e. The summed E-state index contributed by atoms with van der Waals surface area (Å²) < 4.78 is 12.9. The van der Waals surface area contributed by atoms with Gasteiger partial charge in [0.2, 0.25) is 0 Å². The molecule has 0 aromatic carbocycles. The Hall–Kier alpha value is 0.954. The molecule has 67 valence electrons. The zero-order chi connectivity index (χ0) is 7.90. The van der Waals surface area contributed by atoms with Gasteiger partial charge in [-0.3, -0.25) is 4.90 Å². The van der Waals surface area contributed by atoms with Gasteiger partial charge < -0.3 is 5.11 Å². The Morgan fingerprint density at radius 3 is 2.92 bits per heavy atom. The number of aliphatic hydroxyl groups excluding tert-OH is 1. The molecule has 2 rings (SSSR count). The van der Waals surface area contributed by atoms with E-state index < -0.39 is 6.17 Å². The number of hydrogen-bond donors (Lipinski definition) is 1. The summed E-state index contributed by atoms with van der Waals surface area (Å²) in [5.41, 5.74) is -0.167. The van der Waals surface area contributed by atoms with Crippen molar-refractivity contribution in [3.05, 3.63) is 0 Å². The number of halogens is 1. The van der Waals surface area contributed by atoms with Crippen molar-refractivity contribution >= 4 is 0 Å². The van der Waals surface area contributed by atoms with Gasteiger partial charge in [0.25, 0.3) is 0 Å². The predicted octanol–water partition coefficient (Wildman–Crippen LogP) is 0.553. The molecule has 0 saturated carbocycles. The van der Waals surface area contributed by atoms with E-state index in [-0.39, 0.29) is 44.9 Å². The topological polar surface area (TPSA) is 23.5 Å². The van der Waals surface area contributed by atoms with Crippen molar-refractivity contribution in [1.82, 2.24) is 4.90 Å². The van der Waals surface area contributed by atoms with E-state index in [1.54, 1.807) is 0 Å². The summed E-state index contributed by atoms with van der Waals surface area (Å²) in [5, 5.41) is 9.14. The van der Waals surface area contributed by atoms with Crippen molar-refractivity contribution in [1.29, 1.82) is 0 Å². The SMILES string of the molecule is OCC12CCCN1CC(F)C2.[Y]. The van der Waals surface area contributed by atoms with E-state index in [0.717, 1.165) is 19.4 Å². The number of hydrogen-bond acceptors (Lipinski definition) is 2. The van der Waals surface area contributed by atoms with Crippen LogP contribution in [0.25, 0.3) is 0 Å². The molecule has 2 aliphatic rings. The molecule has 0 spiro atoms. The van der Waals surface area contributed by atoms with Crippen LogP contribution in [-0.2, 0) is 32.7 Å². The molecular weight excluding hydrogens is 234 g/mol. The Morgan fingerprint density at radius 1 is 1.58 bits per heavy atom. The Kier molecular flexibility index (Phi) is 3.67. The minimum Gasteiger partial charge on any atom is -0.394 e. The second-order valence-corrected chi connectivity index (χ2v) is 3.73. The summed E-state index contributed by atoms with van der Waals surface area (Å²) in [6, 6.07) is 0. The number of alkyl halides is 1. The average Bonchev–Trinajstić information content (AvgIpc) is 2.43. The van der Waals surface area contributed by atoms with Crippen LogP contribution in [0.2, 0.25) is 0 Å². The molecule has 2 aliphatic heterocycles. The van der Waals surface area contributed by atoms with Crippen LogP contribution in [-0.4, -0.2) is 41.4 Å². The number of nitrogens with zero attached hydrogens (tertiary/aromatic N) is 1. The third-order valence-electron chi connectivity index (χ3n) is 3.06. The van der Waals surface area contributed by atoms with Gasteiger partial charge in [-0.15, -0.1) is 0 Å². The largest absolute Gasteiger partial charge is 0.394 e. The van der Waals surface area contributed by atoms with Gasteiger partial charge in [-0.2, -0.15) is 0 Å². The zero-order valence-corrected chi connectivity index (χ0v) is 10.0. The van der Waals surface area contributed by atoms with Gasteiger partial charge in [-0.05, 0) is 19.4 Å². The van der Waals surface area contributed by atoms with Gasteiger partial charge in [0, 0.05) is 51.2 Å². The smallest absolute Gasteiger partial charge is 0.115 e. The van der Waals surface area contributed by atoms with Crippen molar-refractivity contribution in [2.75, 3.05) is 19.7 Å². The van der Waals surface area contributed by atoms with Crippen LogP contribution in [0, 0.1) is 0 Å². The van der Waals surface area contributed by atoms with E-state index in [1.165, 1.54) is 0 Å². The minimum atomic E-state index is -0.706. The van der Waals surface area contributed by atoms with Crippen molar-refractivity contribution in [3.63, 3.8) is 0 Å². The Labute approximate surface area is 97.4 Å². The summed E-state index contributed by atoms with van der Waals surface area (Å²) in [6.45, 7) is 1.65. The molecule has 0 aliphatic carbocycles. The molecule has 2 fully saturated rings. The molecule has 4 heteroatoms. The van der Waals surface area contributed by atoms with E-state index in [1.807, 2.05) is 0 Å². The molecule has 1 N–H and O–H groups in total. The average molecular weight is 248 g/mol. The Balaban J connectivity index is 0.000000720. The molecule has 2 atom stereocenters. The number of rotatable bonds is 1. The molecule has 0 aromatic heterocycles. The van der Waals surface area contributed by atoms with Crippen molar-refractivity contribution in [2.24, 2.45) is 0 Å². The van der Waals surface area contributed by atoms with Crippen molar-refractivity contribution in [2.45, 2.75) is 31.0 Å². The molecule has 2 heterocycles. The maximum absolute atomic E-state index is 12.9. The van der Waals surface area contributed by atoms with E-state index in [2.05, 4.69) is 4.90 Å². The van der Waals surface area contributed by atoms with Crippen LogP contribution < -0.4 is 0 Å². The first-order chi connectivity index (χ1) is 5.27. The van der Waals surface area contributed by atoms with Gasteiger partial charge >= 0.3 is 0 Å². The standard InChI is InChI=1S/C8H14FNO.Y/c9-7-4-8(6-11)2-1-3-10(8)5-7;/h7,11H,1-6H2;. The van der Waals surface area contributed by atoms with Gasteiger partial charge in [0.1, 0.15) is 6.17 Å². The van der Waals surface area contributed by atoms with Gasteiger partial charge in [-0.25, -0.2) is 4.39 Å². The van der Waals surface area contributed by atoms with E-state index in [9.17, 15) is 4.39 Å². The first-order valence-electron chi connectivity index (χ1n) is 4.27. The second kappa shape index (κ2) is 3.99. The molecule has 1 radical (unpaired) electrons. The summed E-state index contributed by atoms with van der Waals surface area (Å²) in [7, 11) is 0.